The van der Waals surface area contributed by atoms with Crippen molar-refractivity contribution >= 4 is 9.84 Å². The Bertz CT molecular complexity index is 352. The molecule has 4 unspecified atom stereocenters. The summed E-state index contributed by atoms with van der Waals surface area (Å²) >= 11 is 0. The van der Waals surface area contributed by atoms with Crippen molar-refractivity contribution in [1.82, 2.24) is 5.32 Å². The smallest absolute Gasteiger partial charge is 0.150 e. The van der Waals surface area contributed by atoms with Gasteiger partial charge < -0.3 is 10.1 Å². The van der Waals surface area contributed by atoms with Crippen LogP contribution >= 0.6 is 0 Å². The summed E-state index contributed by atoms with van der Waals surface area (Å²) in [5.41, 5.74) is 0. The van der Waals surface area contributed by atoms with Gasteiger partial charge in [0.2, 0.25) is 0 Å². The number of methoxy groups -OCH3 is 1. The summed E-state index contributed by atoms with van der Waals surface area (Å²) in [6, 6.07) is 0.268. The molecule has 4 atom stereocenters. The molecule has 0 aliphatic heterocycles. The van der Waals surface area contributed by atoms with Gasteiger partial charge in [0, 0.05) is 19.4 Å². The zero-order valence-electron chi connectivity index (χ0n) is 12.7. The van der Waals surface area contributed by atoms with E-state index in [0.717, 1.165) is 38.6 Å². The first-order valence-corrected chi connectivity index (χ1v) is 9.34. The van der Waals surface area contributed by atoms with Crippen molar-refractivity contribution in [3.8, 4) is 0 Å². The molecule has 0 heterocycles. The zero-order chi connectivity index (χ0) is 14.5. The van der Waals surface area contributed by atoms with Crippen LogP contribution in [-0.4, -0.2) is 45.7 Å². The molecule has 1 aliphatic carbocycles. The molecule has 0 aromatic rings. The van der Waals surface area contributed by atoms with Gasteiger partial charge in [0.1, 0.15) is 9.84 Å². The quantitative estimate of drug-likeness (QED) is 0.779. The summed E-state index contributed by atoms with van der Waals surface area (Å²) in [7, 11) is -1.17. The zero-order valence-corrected chi connectivity index (χ0v) is 13.5. The van der Waals surface area contributed by atoms with Crippen molar-refractivity contribution in [1.29, 1.82) is 0 Å². The molecule has 1 fully saturated rings. The average Bonchev–Trinajstić information content (AvgIpc) is 2.38. The van der Waals surface area contributed by atoms with Crippen LogP contribution in [0, 0.1) is 5.92 Å². The van der Waals surface area contributed by atoms with Crippen molar-refractivity contribution in [2.75, 3.05) is 19.9 Å². The molecule has 1 rings (SSSR count). The highest BCUT2D eigenvalue weighted by molar-refractivity contribution is 7.91. The minimum absolute atomic E-state index is 0.165. The molecule has 5 heteroatoms. The molecule has 19 heavy (non-hydrogen) atoms. The van der Waals surface area contributed by atoms with Gasteiger partial charge in [-0.1, -0.05) is 20.3 Å². The van der Waals surface area contributed by atoms with Crippen LogP contribution in [0.1, 0.15) is 46.0 Å². The largest absolute Gasteiger partial charge is 0.380 e. The van der Waals surface area contributed by atoms with E-state index in [2.05, 4.69) is 19.2 Å². The summed E-state index contributed by atoms with van der Waals surface area (Å²) in [5, 5.41) is 3.34. The number of rotatable bonds is 7. The summed E-state index contributed by atoms with van der Waals surface area (Å²) in [6.45, 7) is 5.10. The van der Waals surface area contributed by atoms with Gasteiger partial charge in [-0.2, -0.15) is 0 Å². The highest BCUT2D eigenvalue weighted by atomic mass is 32.2. The second-order valence-electron chi connectivity index (χ2n) is 5.64. The van der Waals surface area contributed by atoms with E-state index < -0.39 is 9.84 Å². The fourth-order valence-corrected chi connectivity index (χ4v) is 4.49. The van der Waals surface area contributed by atoms with Gasteiger partial charge in [-0.25, -0.2) is 8.42 Å². The Morgan fingerprint density at radius 1 is 1.32 bits per heavy atom. The van der Waals surface area contributed by atoms with Crippen molar-refractivity contribution in [2.45, 2.75) is 63.3 Å². The predicted octanol–water partition coefficient (Wildman–Crippen LogP) is 1.99. The maximum atomic E-state index is 11.8. The lowest BCUT2D eigenvalue weighted by Gasteiger charge is -2.37. The molecule has 4 nitrogen and oxygen atoms in total. The molecule has 1 aliphatic rings. The summed E-state index contributed by atoms with van der Waals surface area (Å²) in [6.07, 6.45) is 6.19. The molecule has 0 aromatic heterocycles. The van der Waals surface area contributed by atoms with Gasteiger partial charge >= 0.3 is 0 Å². The monoisotopic (exact) mass is 291 g/mol. The van der Waals surface area contributed by atoms with Crippen LogP contribution < -0.4 is 5.32 Å². The fraction of sp³-hybridized carbons (Fsp3) is 1.00. The van der Waals surface area contributed by atoms with Crippen LogP contribution in [0.3, 0.4) is 0 Å². The second-order valence-corrected chi connectivity index (χ2v) is 7.97. The predicted molar refractivity (Wildman–Crippen MR) is 79.1 cm³/mol. The first-order valence-electron chi connectivity index (χ1n) is 7.39. The van der Waals surface area contributed by atoms with Gasteiger partial charge in [-0.05, 0) is 38.1 Å². The molecule has 1 saturated carbocycles. The Hall–Kier alpha value is -0.130. The summed E-state index contributed by atoms with van der Waals surface area (Å²) in [4.78, 5) is 0. The number of likely N-dealkylation sites (N-methyl/N-ethyl adjacent to an activating group) is 1. The lowest BCUT2D eigenvalue weighted by Crippen LogP contribution is -2.48. The van der Waals surface area contributed by atoms with Crippen LogP contribution in [0.25, 0.3) is 0 Å². The average molecular weight is 291 g/mol. The maximum absolute atomic E-state index is 11.8. The van der Waals surface area contributed by atoms with Crippen molar-refractivity contribution in [2.24, 2.45) is 5.92 Å². The second kappa shape index (κ2) is 7.60. The molecule has 0 radical (unpaired) electrons. The molecule has 0 bridgehead atoms. The summed E-state index contributed by atoms with van der Waals surface area (Å²) < 4.78 is 29.1. The van der Waals surface area contributed by atoms with Crippen molar-refractivity contribution in [3.63, 3.8) is 0 Å². The molecular formula is C14H29NO3S. The van der Waals surface area contributed by atoms with E-state index in [1.165, 1.54) is 6.26 Å². The number of hydrogen-bond donors (Lipinski definition) is 1. The van der Waals surface area contributed by atoms with E-state index in [9.17, 15) is 8.42 Å². The molecule has 0 spiro atoms. The van der Waals surface area contributed by atoms with E-state index >= 15 is 0 Å². The highest BCUT2D eigenvalue weighted by Crippen LogP contribution is 2.32. The third-order valence-electron chi connectivity index (χ3n) is 4.33. The van der Waals surface area contributed by atoms with Crippen LogP contribution in [0.15, 0.2) is 0 Å². The summed E-state index contributed by atoms with van der Waals surface area (Å²) in [5.74, 6) is 0.401. The van der Waals surface area contributed by atoms with E-state index in [4.69, 9.17) is 4.74 Å². The highest BCUT2D eigenvalue weighted by Gasteiger charge is 2.35. The van der Waals surface area contributed by atoms with Crippen LogP contribution in [0.4, 0.5) is 0 Å². The van der Waals surface area contributed by atoms with E-state index in [0.29, 0.717) is 5.92 Å². The topological polar surface area (TPSA) is 55.4 Å². The van der Waals surface area contributed by atoms with Gasteiger partial charge in [0.15, 0.2) is 0 Å². The van der Waals surface area contributed by atoms with Gasteiger partial charge in [-0.15, -0.1) is 0 Å². The number of sulfone groups is 1. The Kier molecular flexibility index (Phi) is 6.77. The normalized spacial score (nSPS) is 28.0. The van der Waals surface area contributed by atoms with Crippen LogP contribution in [0.2, 0.25) is 0 Å². The molecule has 0 amide bonds. The van der Waals surface area contributed by atoms with E-state index in [1.807, 2.05) is 0 Å². The molecule has 0 aromatic carbocycles. The number of hydrogen-bond acceptors (Lipinski definition) is 4. The Morgan fingerprint density at radius 3 is 2.47 bits per heavy atom. The maximum Gasteiger partial charge on any atom is 0.150 e. The van der Waals surface area contributed by atoms with Crippen LogP contribution in [-0.2, 0) is 14.6 Å². The Labute approximate surface area is 118 Å². The molecule has 0 saturated heterocycles. The van der Waals surface area contributed by atoms with Crippen molar-refractivity contribution in [3.05, 3.63) is 0 Å². The van der Waals surface area contributed by atoms with E-state index in [1.54, 1.807) is 7.11 Å². The van der Waals surface area contributed by atoms with Gasteiger partial charge in [-0.3, -0.25) is 0 Å². The number of ether oxygens (including phenoxy) is 1. The Balaban J connectivity index is 2.78. The van der Waals surface area contributed by atoms with Gasteiger partial charge in [0.05, 0.1) is 11.4 Å². The van der Waals surface area contributed by atoms with E-state index in [-0.39, 0.29) is 17.4 Å². The minimum atomic E-state index is -2.91. The lowest BCUT2D eigenvalue weighted by atomic mass is 9.81. The standard InChI is InChI=1S/C14H29NO3S/c1-5-13(18-3)14(15-6-2)11-8-7-9-12(10-11)19(4,16)17/h11-15H,5-10H2,1-4H3. The third-order valence-corrected chi connectivity index (χ3v) is 5.96. The molecule has 1 N–H and O–H groups in total. The fourth-order valence-electron chi connectivity index (χ4n) is 3.30. The first kappa shape index (κ1) is 16.9. The molecular weight excluding hydrogens is 262 g/mol. The van der Waals surface area contributed by atoms with Crippen LogP contribution in [0.5, 0.6) is 0 Å². The Morgan fingerprint density at radius 2 is 2.00 bits per heavy atom. The minimum Gasteiger partial charge on any atom is -0.380 e. The lowest BCUT2D eigenvalue weighted by molar-refractivity contribution is 0.0377. The first-order chi connectivity index (χ1) is 8.93. The molecule has 114 valence electrons. The van der Waals surface area contributed by atoms with Gasteiger partial charge in [0.25, 0.3) is 0 Å². The third kappa shape index (κ3) is 4.72. The SMILES string of the molecule is CCNC(C1CCCC(S(C)(=O)=O)C1)C(CC)OC. The van der Waals surface area contributed by atoms with Crippen molar-refractivity contribution < 1.29 is 13.2 Å². The number of nitrogens with one attached hydrogen (secondary N) is 1.